The van der Waals surface area contributed by atoms with Crippen LogP contribution in [0.5, 0.6) is 0 Å². The number of anilines is 1. The fourth-order valence-corrected chi connectivity index (χ4v) is 2.77. The van der Waals surface area contributed by atoms with Gasteiger partial charge in [-0.25, -0.2) is 0 Å². The van der Waals surface area contributed by atoms with E-state index in [1.54, 1.807) is 6.92 Å². The minimum atomic E-state index is -0.143. The number of carbonyl (C=O) groups is 1. The summed E-state index contributed by atoms with van der Waals surface area (Å²) >= 11 is 0. The highest BCUT2D eigenvalue weighted by Gasteiger charge is 2.14. The number of nitrogens with one attached hydrogen (secondary N) is 1. The Hall–Kier alpha value is -2.55. The van der Waals surface area contributed by atoms with Gasteiger partial charge in [0.15, 0.2) is 0 Å². The molecule has 0 aliphatic heterocycles. The van der Waals surface area contributed by atoms with Gasteiger partial charge in [-0.2, -0.15) is 0 Å². The number of hydrogen-bond donors (Lipinski definition) is 1. The summed E-state index contributed by atoms with van der Waals surface area (Å²) in [5.74, 6) is -0.143. The van der Waals surface area contributed by atoms with Gasteiger partial charge < -0.3 is 9.88 Å². The minimum absolute atomic E-state index is 0.143. The van der Waals surface area contributed by atoms with Gasteiger partial charge in [0.1, 0.15) is 0 Å². The Balaban J connectivity index is 2.32. The van der Waals surface area contributed by atoms with Gasteiger partial charge in [-0.1, -0.05) is 36.9 Å². The van der Waals surface area contributed by atoms with E-state index >= 15 is 0 Å². The first-order chi connectivity index (χ1) is 10.1. The highest BCUT2D eigenvalue weighted by molar-refractivity contribution is 6.15. The standard InChI is InChI=1S/C18H18N2O/c1-4-20-16-11-6-5-8-13(16)14-9-7-10-15(17(14)20)19-18(21)12(2)3/h5-11H,2,4H2,1,3H3,(H,19,21). The van der Waals surface area contributed by atoms with Crippen molar-refractivity contribution >= 4 is 33.4 Å². The number of aryl methyl sites for hydroxylation is 1. The molecule has 0 spiro atoms. The maximum absolute atomic E-state index is 12.0. The third kappa shape index (κ3) is 2.11. The predicted octanol–water partition coefficient (Wildman–Crippen LogP) is 4.33. The van der Waals surface area contributed by atoms with E-state index in [0.29, 0.717) is 5.57 Å². The molecule has 106 valence electrons. The van der Waals surface area contributed by atoms with Crippen molar-refractivity contribution in [3.8, 4) is 0 Å². The zero-order chi connectivity index (χ0) is 15.0. The van der Waals surface area contributed by atoms with Crippen molar-refractivity contribution in [3.63, 3.8) is 0 Å². The number of amides is 1. The first-order valence-corrected chi connectivity index (χ1v) is 7.10. The van der Waals surface area contributed by atoms with Crippen molar-refractivity contribution in [2.24, 2.45) is 0 Å². The minimum Gasteiger partial charge on any atom is -0.339 e. The molecular weight excluding hydrogens is 260 g/mol. The van der Waals surface area contributed by atoms with Crippen molar-refractivity contribution in [3.05, 3.63) is 54.6 Å². The largest absolute Gasteiger partial charge is 0.339 e. The van der Waals surface area contributed by atoms with E-state index in [9.17, 15) is 4.79 Å². The fraction of sp³-hybridized carbons (Fsp3) is 0.167. The Kier molecular flexibility index (Phi) is 3.26. The highest BCUT2D eigenvalue weighted by atomic mass is 16.1. The van der Waals surface area contributed by atoms with Crippen molar-refractivity contribution in [1.82, 2.24) is 4.57 Å². The fourth-order valence-electron chi connectivity index (χ4n) is 2.77. The van der Waals surface area contributed by atoms with Crippen LogP contribution in [0.3, 0.4) is 0 Å². The van der Waals surface area contributed by atoms with Crippen LogP contribution in [0.15, 0.2) is 54.6 Å². The summed E-state index contributed by atoms with van der Waals surface area (Å²) in [6.45, 7) is 8.38. The molecule has 3 heteroatoms. The molecule has 3 rings (SSSR count). The van der Waals surface area contributed by atoms with Crippen molar-refractivity contribution < 1.29 is 4.79 Å². The van der Waals surface area contributed by atoms with E-state index in [-0.39, 0.29) is 5.91 Å². The second-order valence-electron chi connectivity index (χ2n) is 5.20. The molecule has 3 aromatic rings. The molecule has 1 aromatic heterocycles. The first-order valence-electron chi connectivity index (χ1n) is 7.10. The van der Waals surface area contributed by atoms with E-state index in [4.69, 9.17) is 0 Å². The lowest BCUT2D eigenvalue weighted by Gasteiger charge is -2.10. The molecule has 0 aliphatic rings. The maximum atomic E-state index is 12.0. The van der Waals surface area contributed by atoms with Crippen molar-refractivity contribution in [1.29, 1.82) is 0 Å². The number of hydrogen-bond acceptors (Lipinski definition) is 1. The number of carbonyl (C=O) groups excluding carboxylic acids is 1. The third-order valence-electron chi connectivity index (χ3n) is 3.74. The molecule has 1 heterocycles. The monoisotopic (exact) mass is 278 g/mol. The second kappa shape index (κ2) is 5.09. The van der Waals surface area contributed by atoms with Gasteiger partial charge >= 0.3 is 0 Å². The lowest BCUT2D eigenvalue weighted by molar-refractivity contribution is -0.112. The summed E-state index contributed by atoms with van der Waals surface area (Å²) in [6, 6.07) is 14.3. The smallest absolute Gasteiger partial charge is 0.250 e. The number of aromatic nitrogens is 1. The Morgan fingerprint density at radius 3 is 2.57 bits per heavy atom. The molecule has 0 saturated heterocycles. The van der Waals surface area contributed by atoms with Crippen LogP contribution in [-0.2, 0) is 11.3 Å². The van der Waals surface area contributed by atoms with Crippen LogP contribution in [0, 0.1) is 0 Å². The van der Waals surface area contributed by atoms with E-state index in [2.05, 4.69) is 41.6 Å². The molecule has 0 fully saturated rings. The summed E-state index contributed by atoms with van der Waals surface area (Å²) in [6.07, 6.45) is 0. The number of rotatable bonds is 3. The Morgan fingerprint density at radius 2 is 1.86 bits per heavy atom. The quantitative estimate of drug-likeness (QED) is 0.711. The van der Waals surface area contributed by atoms with Gasteiger partial charge in [0.05, 0.1) is 11.2 Å². The summed E-state index contributed by atoms with van der Waals surface area (Å²) in [5.41, 5.74) is 3.59. The predicted molar refractivity (Wildman–Crippen MR) is 88.6 cm³/mol. The Labute approximate surface area is 123 Å². The molecule has 3 nitrogen and oxygen atoms in total. The lowest BCUT2D eigenvalue weighted by Crippen LogP contribution is -2.12. The lowest BCUT2D eigenvalue weighted by atomic mass is 10.1. The van der Waals surface area contributed by atoms with Crippen LogP contribution in [0.2, 0.25) is 0 Å². The van der Waals surface area contributed by atoms with Gasteiger partial charge in [0.25, 0.3) is 5.91 Å². The molecule has 0 radical (unpaired) electrons. The normalized spacial score (nSPS) is 11.0. The van der Waals surface area contributed by atoms with Gasteiger partial charge in [-0.3, -0.25) is 4.79 Å². The van der Waals surface area contributed by atoms with Crippen molar-refractivity contribution in [2.75, 3.05) is 5.32 Å². The van der Waals surface area contributed by atoms with Crippen LogP contribution in [0.1, 0.15) is 13.8 Å². The number of para-hydroxylation sites is 2. The van der Waals surface area contributed by atoms with Gasteiger partial charge in [0, 0.05) is 28.4 Å². The molecule has 0 aliphatic carbocycles. The van der Waals surface area contributed by atoms with E-state index in [1.807, 2.05) is 24.3 Å². The van der Waals surface area contributed by atoms with E-state index < -0.39 is 0 Å². The van der Waals surface area contributed by atoms with Crippen LogP contribution in [-0.4, -0.2) is 10.5 Å². The first kappa shape index (κ1) is 13.4. The Morgan fingerprint density at radius 1 is 1.14 bits per heavy atom. The molecular formula is C18H18N2O. The second-order valence-corrected chi connectivity index (χ2v) is 5.20. The van der Waals surface area contributed by atoms with E-state index in [0.717, 1.165) is 23.1 Å². The van der Waals surface area contributed by atoms with Crippen LogP contribution < -0.4 is 5.32 Å². The zero-order valence-corrected chi connectivity index (χ0v) is 12.3. The summed E-state index contributed by atoms with van der Waals surface area (Å²) in [4.78, 5) is 12.0. The molecule has 0 saturated carbocycles. The van der Waals surface area contributed by atoms with Gasteiger partial charge in [-0.05, 0) is 26.0 Å². The molecule has 1 N–H and O–H groups in total. The number of fused-ring (bicyclic) bond motifs is 3. The zero-order valence-electron chi connectivity index (χ0n) is 12.3. The van der Waals surface area contributed by atoms with Crippen LogP contribution in [0.4, 0.5) is 5.69 Å². The van der Waals surface area contributed by atoms with E-state index in [1.165, 1.54) is 10.9 Å². The molecule has 0 bridgehead atoms. The molecule has 1 amide bonds. The highest BCUT2D eigenvalue weighted by Crippen LogP contribution is 2.33. The maximum Gasteiger partial charge on any atom is 0.250 e. The summed E-state index contributed by atoms with van der Waals surface area (Å²) < 4.78 is 2.23. The topological polar surface area (TPSA) is 34.0 Å². The molecule has 0 unspecified atom stereocenters. The number of benzene rings is 2. The Bertz CT molecular complexity index is 858. The van der Waals surface area contributed by atoms with Gasteiger partial charge in [0.2, 0.25) is 0 Å². The average Bonchev–Trinajstić information content (AvgIpc) is 2.82. The number of nitrogens with zero attached hydrogens (tertiary/aromatic N) is 1. The van der Waals surface area contributed by atoms with Crippen molar-refractivity contribution in [2.45, 2.75) is 20.4 Å². The molecule has 2 aromatic carbocycles. The third-order valence-corrected chi connectivity index (χ3v) is 3.74. The van der Waals surface area contributed by atoms with Gasteiger partial charge in [-0.15, -0.1) is 0 Å². The summed E-state index contributed by atoms with van der Waals surface area (Å²) in [7, 11) is 0. The summed E-state index contributed by atoms with van der Waals surface area (Å²) in [5, 5.41) is 5.33. The molecule has 21 heavy (non-hydrogen) atoms. The average molecular weight is 278 g/mol. The SMILES string of the molecule is C=C(C)C(=O)Nc1cccc2c3ccccc3n(CC)c12. The van der Waals surface area contributed by atoms with Crippen LogP contribution >= 0.6 is 0 Å². The molecule has 0 atom stereocenters. The van der Waals surface area contributed by atoms with Crippen LogP contribution in [0.25, 0.3) is 21.8 Å².